The number of halogens is 2. The van der Waals surface area contributed by atoms with Gasteiger partial charge in [-0.3, -0.25) is 9.69 Å². The number of carbonyl (C=O) groups excluding carboxylic acids is 1. The number of likely N-dealkylation sites (tertiary alicyclic amines) is 1. The van der Waals surface area contributed by atoms with E-state index in [0.717, 1.165) is 32.5 Å². The molecule has 138 valence electrons. The number of hydrogen-bond acceptors (Lipinski definition) is 2. The van der Waals surface area contributed by atoms with Crippen LogP contribution in [-0.4, -0.2) is 30.4 Å². The molecule has 1 N–H and O–H groups in total. The second-order valence-corrected chi connectivity index (χ2v) is 7.75. The molecule has 0 saturated carbocycles. The molecule has 1 aliphatic heterocycles. The average molecular weight is 419 g/mol. The standard InChI is InChI=1S/C21H24BrFN2O/c22-19-8-4-7-18(21(19)23)13-20(26)24-14-16-9-11-25(12-10-16)15-17-5-2-1-3-6-17/h1-8,16H,9-15H2,(H,24,26). The smallest absolute Gasteiger partial charge is 0.224 e. The molecule has 5 heteroatoms. The fraction of sp³-hybridized carbons (Fsp3) is 0.381. The maximum Gasteiger partial charge on any atom is 0.224 e. The van der Waals surface area contributed by atoms with Crippen molar-refractivity contribution in [1.82, 2.24) is 10.2 Å². The molecule has 1 amide bonds. The fourth-order valence-electron chi connectivity index (χ4n) is 3.37. The molecule has 2 aromatic rings. The molecular formula is C21H24BrFN2O. The zero-order valence-electron chi connectivity index (χ0n) is 14.8. The Kier molecular flexibility index (Phi) is 6.80. The number of piperidine rings is 1. The molecule has 0 bridgehead atoms. The Bertz CT molecular complexity index is 730. The third-order valence-electron chi connectivity index (χ3n) is 4.93. The van der Waals surface area contributed by atoms with Gasteiger partial charge >= 0.3 is 0 Å². The van der Waals surface area contributed by atoms with Gasteiger partial charge in [-0.25, -0.2) is 4.39 Å². The average Bonchev–Trinajstić information content (AvgIpc) is 2.66. The first-order chi connectivity index (χ1) is 12.6. The van der Waals surface area contributed by atoms with Gasteiger partial charge in [0.15, 0.2) is 0 Å². The molecule has 1 aliphatic rings. The Morgan fingerprint density at radius 1 is 1.12 bits per heavy atom. The van der Waals surface area contributed by atoms with E-state index in [4.69, 9.17) is 0 Å². The summed E-state index contributed by atoms with van der Waals surface area (Å²) in [6.07, 6.45) is 2.24. The van der Waals surface area contributed by atoms with Crippen LogP contribution in [0.25, 0.3) is 0 Å². The quantitative estimate of drug-likeness (QED) is 0.763. The minimum absolute atomic E-state index is 0.0815. The maximum absolute atomic E-state index is 13.9. The summed E-state index contributed by atoms with van der Waals surface area (Å²) in [5, 5.41) is 2.97. The van der Waals surface area contributed by atoms with Gasteiger partial charge in [0.1, 0.15) is 5.82 Å². The summed E-state index contributed by atoms with van der Waals surface area (Å²) in [7, 11) is 0. The maximum atomic E-state index is 13.9. The van der Waals surface area contributed by atoms with Crippen LogP contribution in [0.1, 0.15) is 24.0 Å². The number of nitrogens with zero attached hydrogens (tertiary/aromatic N) is 1. The Hall–Kier alpha value is -1.72. The highest BCUT2D eigenvalue weighted by Gasteiger charge is 2.20. The first-order valence-electron chi connectivity index (χ1n) is 9.07. The zero-order valence-corrected chi connectivity index (χ0v) is 16.3. The van der Waals surface area contributed by atoms with Gasteiger partial charge in [0, 0.05) is 13.1 Å². The van der Waals surface area contributed by atoms with Crippen molar-refractivity contribution in [2.75, 3.05) is 19.6 Å². The van der Waals surface area contributed by atoms with Gasteiger partial charge in [0.25, 0.3) is 0 Å². The predicted molar refractivity (Wildman–Crippen MR) is 105 cm³/mol. The molecule has 3 rings (SSSR count). The summed E-state index contributed by atoms with van der Waals surface area (Å²) in [5.74, 6) is 0.0314. The van der Waals surface area contributed by atoms with Gasteiger partial charge < -0.3 is 5.32 Å². The van der Waals surface area contributed by atoms with Crippen LogP contribution in [0.15, 0.2) is 53.0 Å². The van der Waals surface area contributed by atoms with E-state index in [1.54, 1.807) is 18.2 Å². The second kappa shape index (κ2) is 9.28. The molecule has 0 aromatic heterocycles. The second-order valence-electron chi connectivity index (χ2n) is 6.90. The van der Waals surface area contributed by atoms with Crippen LogP contribution in [0, 0.1) is 11.7 Å². The summed E-state index contributed by atoms with van der Waals surface area (Å²) in [4.78, 5) is 14.6. The summed E-state index contributed by atoms with van der Waals surface area (Å²) in [6.45, 7) is 3.76. The summed E-state index contributed by atoms with van der Waals surface area (Å²) in [6, 6.07) is 15.6. The molecule has 2 aromatic carbocycles. The zero-order chi connectivity index (χ0) is 18.4. The van der Waals surface area contributed by atoms with Gasteiger partial charge in [0.05, 0.1) is 10.9 Å². The number of benzene rings is 2. The van der Waals surface area contributed by atoms with Gasteiger partial charge in [-0.1, -0.05) is 42.5 Å². The van der Waals surface area contributed by atoms with Crippen molar-refractivity contribution in [2.24, 2.45) is 5.92 Å². The van der Waals surface area contributed by atoms with Crippen LogP contribution in [0.5, 0.6) is 0 Å². The lowest BCUT2D eigenvalue weighted by molar-refractivity contribution is -0.120. The molecule has 1 heterocycles. The highest BCUT2D eigenvalue weighted by molar-refractivity contribution is 9.10. The van der Waals surface area contributed by atoms with Crippen LogP contribution in [-0.2, 0) is 17.8 Å². The van der Waals surface area contributed by atoms with E-state index in [-0.39, 0.29) is 18.1 Å². The molecule has 1 fully saturated rings. The van der Waals surface area contributed by atoms with E-state index in [1.807, 2.05) is 6.07 Å². The van der Waals surface area contributed by atoms with Crippen LogP contribution in [0.2, 0.25) is 0 Å². The SMILES string of the molecule is O=C(Cc1cccc(Br)c1F)NCC1CCN(Cc2ccccc2)CC1. The van der Waals surface area contributed by atoms with Crippen molar-refractivity contribution in [3.05, 3.63) is 69.9 Å². The number of rotatable bonds is 6. The highest BCUT2D eigenvalue weighted by atomic mass is 79.9. The molecule has 0 spiro atoms. The molecule has 0 atom stereocenters. The molecular weight excluding hydrogens is 395 g/mol. The van der Waals surface area contributed by atoms with Gasteiger partial charge in [0.2, 0.25) is 5.91 Å². The van der Waals surface area contributed by atoms with Crippen molar-refractivity contribution in [1.29, 1.82) is 0 Å². The monoisotopic (exact) mass is 418 g/mol. The lowest BCUT2D eigenvalue weighted by atomic mass is 9.96. The van der Waals surface area contributed by atoms with E-state index in [9.17, 15) is 9.18 Å². The predicted octanol–water partition coefficient (Wildman–Crippen LogP) is 4.16. The van der Waals surface area contributed by atoms with Crippen molar-refractivity contribution >= 4 is 21.8 Å². The third kappa shape index (κ3) is 5.39. The Morgan fingerprint density at radius 2 is 1.85 bits per heavy atom. The fourth-order valence-corrected chi connectivity index (χ4v) is 3.78. The third-order valence-corrected chi connectivity index (χ3v) is 5.54. The topological polar surface area (TPSA) is 32.3 Å². The highest BCUT2D eigenvalue weighted by Crippen LogP contribution is 2.20. The van der Waals surface area contributed by atoms with E-state index in [1.165, 1.54) is 5.56 Å². The Balaban J connectivity index is 1.39. The number of hydrogen-bond donors (Lipinski definition) is 1. The summed E-state index contributed by atoms with van der Waals surface area (Å²) < 4.78 is 14.3. The largest absolute Gasteiger partial charge is 0.356 e. The Morgan fingerprint density at radius 3 is 2.58 bits per heavy atom. The van der Waals surface area contributed by atoms with Crippen molar-refractivity contribution in [2.45, 2.75) is 25.8 Å². The molecule has 0 radical (unpaired) electrons. The Labute approximate surface area is 162 Å². The van der Waals surface area contributed by atoms with E-state index in [0.29, 0.717) is 22.5 Å². The normalized spacial score (nSPS) is 15.8. The van der Waals surface area contributed by atoms with Crippen molar-refractivity contribution in [3.8, 4) is 0 Å². The van der Waals surface area contributed by atoms with Gasteiger partial charge in [-0.15, -0.1) is 0 Å². The van der Waals surface area contributed by atoms with Crippen LogP contribution in [0.3, 0.4) is 0 Å². The molecule has 1 saturated heterocycles. The molecule has 3 nitrogen and oxygen atoms in total. The van der Waals surface area contributed by atoms with E-state index < -0.39 is 0 Å². The van der Waals surface area contributed by atoms with Gasteiger partial charge in [-0.05, 0) is 65.0 Å². The minimum atomic E-state index is -0.350. The van der Waals surface area contributed by atoms with E-state index in [2.05, 4.69) is 50.4 Å². The van der Waals surface area contributed by atoms with Crippen molar-refractivity contribution in [3.63, 3.8) is 0 Å². The number of carbonyl (C=O) groups is 1. The molecule has 0 unspecified atom stereocenters. The van der Waals surface area contributed by atoms with Crippen molar-refractivity contribution < 1.29 is 9.18 Å². The number of nitrogens with one attached hydrogen (secondary N) is 1. The molecule has 26 heavy (non-hydrogen) atoms. The first-order valence-corrected chi connectivity index (χ1v) is 9.87. The summed E-state index contributed by atoms with van der Waals surface area (Å²) >= 11 is 3.16. The van der Waals surface area contributed by atoms with Crippen LogP contribution < -0.4 is 5.32 Å². The van der Waals surface area contributed by atoms with Crippen LogP contribution >= 0.6 is 15.9 Å². The lowest BCUT2D eigenvalue weighted by Gasteiger charge is -2.32. The molecule has 0 aliphatic carbocycles. The number of amides is 1. The van der Waals surface area contributed by atoms with Gasteiger partial charge in [-0.2, -0.15) is 0 Å². The van der Waals surface area contributed by atoms with Crippen LogP contribution in [0.4, 0.5) is 4.39 Å². The first kappa shape index (κ1) is 19.1. The summed E-state index contributed by atoms with van der Waals surface area (Å²) in [5.41, 5.74) is 1.77. The van der Waals surface area contributed by atoms with E-state index >= 15 is 0 Å². The minimum Gasteiger partial charge on any atom is -0.356 e. The lowest BCUT2D eigenvalue weighted by Crippen LogP contribution is -2.38.